The van der Waals surface area contributed by atoms with Gasteiger partial charge in [0.15, 0.2) is 0 Å². The number of hydrogen-bond acceptors (Lipinski definition) is 4. The van der Waals surface area contributed by atoms with E-state index in [4.69, 9.17) is 4.74 Å². The van der Waals surface area contributed by atoms with E-state index in [0.717, 1.165) is 0 Å². The van der Waals surface area contributed by atoms with E-state index >= 15 is 0 Å². The van der Waals surface area contributed by atoms with Gasteiger partial charge in [0.2, 0.25) is 5.91 Å². The third-order valence-corrected chi connectivity index (χ3v) is 3.56. The number of methoxy groups -OCH3 is 1. The molecule has 0 aromatic rings. The summed E-state index contributed by atoms with van der Waals surface area (Å²) in [7, 11) is 1.58. The van der Waals surface area contributed by atoms with E-state index in [9.17, 15) is 14.7 Å². The van der Waals surface area contributed by atoms with Gasteiger partial charge in [-0.1, -0.05) is 6.92 Å². The summed E-state index contributed by atoms with van der Waals surface area (Å²) in [6, 6.07) is 0. The van der Waals surface area contributed by atoms with Crippen molar-refractivity contribution in [2.24, 2.45) is 5.41 Å². The predicted octanol–water partition coefficient (Wildman–Crippen LogP) is -0.0643. The fourth-order valence-electron chi connectivity index (χ4n) is 2.26. The molecule has 2 N–H and O–H groups in total. The number of nitrogens with zero attached hydrogens (tertiary/aromatic N) is 1. The topological polar surface area (TPSA) is 78.9 Å². The van der Waals surface area contributed by atoms with Crippen molar-refractivity contribution in [1.82, 2.24) is 10.2 Å². The first kappa shape index (κ1) is 14.9. The Balaban J connectivity index is 2.38. The van der Waals surface area contributed by atoms with E-state index in [2.05, 4.69) is 5.32 Å². The number of nitrogens with one attached hydrogen (secondary N) is 1. The van der Waals surface area contributed by atoms with Crippen LogP contribution in [-0.4, -0.2) is 61.8 Å². The highest BCUT2D eigenvalue weighted by atomic mass is 16.5. The van der Waals surface area contributed by atoms with Crippen LogP contribution in [0.15, 0.2) is 0 Å². The van der Waals surface area contributed by atoms with Crippen LogP contribution in [0.25, 0.3) is 0 Å². The Morgan fingerprint density at radius 1 is 1.50 bits per heavy atom. The third-order valence-electron chi connectivity index (χ3n) is 3.56. The van der Waals surface area contributed by atoms with Crippen molar-refractivity contribution in [3.05, 3.63) is 0 Å². The number of ether oxygens (including phenoxy) is 1. The summed E-state index contributed by atoms with van der Waals surface area (Å²) in [6.45, 7) is 4.24. The molecule has 1 unspecified atom stereocenters. The summed E-state index contributed by atoms with van der Waals surface area (Å²) >= 11 is 0. The van der Waals surface area contributed by atoms with Crippen LogP contribution in [0.2, 0.25) is 0 Å². The van der Waals surface area contributed by atoms with Crippen LogP contribution >= 0.6 is 0 Å². The molecule has 1 rings (SSSR count). The summed E-state index contributed by atoms with van der Waals surface area (Å²) in [5.74, 6) is -0.836. The van der Waals surface area contributed by atoms with Crippen molar-refractivity contribution < 1.29 is 19.4 Å². The lowest BCUT2D eigenvalue weighted by Gasteiger charge is -2.22. The molecule has 1 aliphatic heterocycles. The molecule has 1 aliphatic rings. The van der Waals surface area contributed by atoms with Crippen molar-refractivity contribution in [2.75, 3.05) is 39.9 Å². The molecule has 6 nitrogen and oxygen atoms in total. The molecule has 0 bridgehead atoms. The van der Waals surface area contributed by atoms with Crippen LogP contribution in [0.4, 0.5) is 0 Å². The van der Waals surface area contributed by atoms with Crippen LogP contribution < -0.4 is 5.32 Å². The summed E-state index contributed by atoms with van der Waals surface area (Å²) in [6.07, 6.45) is 1.22. The van der Waals surface area contributed by atoms with Crippen LogP contribution in [0.5, 0.6) is 0 Å². The van der Waals surface area contributed by atoms with E-state index in [1.165, 1.54) is 0 Å². The Labute approximate surface area is 107 Å². The number of carbonyl (C=O) groups excluding carboxylic acids is 1. The minimum Gasteiger partial charge on any atom is -0.481 e. The van der Waals surface area contributed by atoms with Gasteiger partial charge in [0.05, 0.1) is 18.6 Å². The Bertz CT molecular complexity index is 308. The lowest BCUT2D eigenvalue weighted by molar-refractivity contribution is -0.148. The molecule has 6 heteroatoms. The van der Waals surface area contributed by atoms with Gasteiger partial charge in [-0.25, -0.2) is 0 Å². The third kappa shape index (κ3) is 3.68. The predicted molar refractivity (Wildman–Crippen MR) is 66.3 cm³/mol. The van der Waals surface area contributed by atoms with Crippen LogP contribution in [0, 0.1) is 5.41 Å². The Kier molecular flexibility index (Phi) is 5.55. The zero-order valence-electron chi connectivity index (χ0n) is 11.1. The van der Waals surface area contributed by atoms with Crippen molar-refractivity contribution in [3.8, 4) is 0 Å². The zero-order chi connectivity index (χ0) is 13.6. The SMILES string of the molecule is CCC1(C(=O)O)CCN(CC(=O)NCCOC)C1. The number of hydrogen-bond donors (Lipinski definition) is 2. The van der Waals surface area contributed by atoms with Crippen molar-refractivity contribution in [3.63, 3.8) is 0 Å². The highest BCUT2D eigenvalue weighted by molar-refractivity contribution is 5.79. The summed E-state index contributed by atoms with van der Waals surface area (Å²) in [4.78, 5) is 24.7. The average Bonchev–Trinajstić information content (AvgIpc) is 2.74. The minimum atomic E-state index is -0.757. The maximum absolute atomic E-state index is 11.6. The van der Waals surface area contributed by atoms with E-state index in [1.807, 2.05) is 11.8 Å². The quantitative estimate of drug-likeness (QED) is 0.625. The van der Waals surface area contributed by atoms with Gasteiger partial charge < -0.3 is 15.2 Å². The van der Waals surface area contributed by atoms with Gasteiger partial charge in [-0.2, -0.15) is 0 Å². The smallest absolute Gasteiger partial charge is 0.310 e. The molecule has 0 radical (unpaired) electrons. The van der Waals surface area contributed by atoms with E-state index in [0.29, 0.717) is 39.1 Å². The van der Waals surface area contributed by atoms with Gasteiger partial charge in [0.1, 0.15) is 0 Å². The normalized spacial score (nSPS) is 24.1. The van der Waals surface area contributed by atoms with Gasteiger partial charge in [0.25, 0.3) is 0 Å². The van der Waals surface area contributed by atoms with Crippen LogP contribution in [0.3, 0.4) is 0 Å². The van der Waals surface area contributed by atoms with Gasteiger partial charge in [-0.3, -0.25) is 14.5 Å². The molecule has 18 heavy (non-hydrogen) atoms. The zero-order valence-corrected chi connectivity index (χ0v) is 11.1. The summed E-state index contributed by atoms with van der Waals surface area (Å²) in [5, 5.41) is 12.0. The number of carboxylic acids is 1. The average molecular weight is 258 g/mol. The molecule has 1 amide bonds. The fourth-order valence-corrected chi connectivity index (χ4v) is 2.26. The number of likely N-dealkylation sites (tertiary alicyclic amines) is 1. The van der Waals surface area contributed by atoms with Crippen molar-refractivity contribution in [1.29, 1.82) is 0 Å². The fraction of sp³-hybridized carbons (Fsp3) is 0.833. The highest BCUT2D eigenvalue weighted by Crippen LogP contribution is 2.33. The lowest BCUT2D eigenvalue weighted by Crippen LogP contribution is -2.40. The Hall–Kier alpha value is -1.14. The first-order valence-corrected chi connectivity index (χ1v) is 6.25. The Morgan fingerprint density at radius 3 is 2.72 bits per heavy atom. The molecule has 104 valence electrons. The van der Waals surface area contributed by atoms with Gasteiger partial charge >= 0.3 is 5.97 Å². The lowest BCUT2D eigenvalue weighted by atomic mass is 9.84. The van der Waals surface area contributed by atoms with E-state index in [-0.39, 0.29) is 12.5 Å². The largest absolute Gasteiger partial charge is 0.481 e. The molecule has 0 saturated carbocycles. The molecule has 1 saturated heterocycles. The van der Waals surface area contributed by atoms with Gasteiger partial charge in [-0.05, 0) is 19.4 Å². The van der Waals surface area contributed by atoms with Gasteiger partial charge in [-0.15, -0.1) is 0 Å². The van der Waals surface area contributed by atoms with Crippen molar-refractivity contribution in [2.45, 2.75) is 19.8 Å². The minimum absolute atomic E-state index is 0.0793. The highest BCUT2D eigenvalue weighted by Gasteiger charge is 2.43. The molecule has 1 atom stereocenters. The maximum atomic E-state index is 11.6. The first-order chi connectivity index (χ1) is 8.54. The van der Waals surface area contributed by atoms with E-state index < -0.39 is 11.4 Å². The van der Waals surface area contributed by atoms with Crippen LogP contribution in [0.1, 0.15) is 19.8 Å². The molecular formula is C12H22N2O4. The molecule has 0 aromatic carbocycles. The van der Waals surface area contributed by atoms with E-state index in [1.54, 1.807) is 7.11 Å². The maximum Gasteiger partial charge on any atom is 0.310 e. The molecule has 1 heterocycles. The standard InChI is InChI=1S/C12H22N2O4/c1-3-12(11(16)17)4-6-14(9-12)8-10(15)13-5-7-18-2/h3-9H2,1-2H3,(H,13,15)(H,16,17). The second kappa shape index (κ2) is 6.70. The number of amides is 1. The number of carbonyl (C=O) groups is 2. The number of aliphatic carboxylic acids is 1. The van der Waals surface area contributed by atoms with Gasteiger partial charge in [0, 0.05) is 20.2 Å². The summed E-state index contributed by atoms with van der Waals surface area (Å²) in [5.41, 5.74) is -0.674. The van der Waals surface area contributed by atoms with Crippen LogP contribution in [-0.2, 0) is 14.3 Å². The second-order valence-corrected chi connectivity index (χ2v) is 4.74. The molecular weight excluding hydrogens is 236 g/mol. The van der Waals surface area contributed by atoms with Crippen molar-refractivity contribution >= 4 is 11.9 Å². The molecule has 0 aliphatic carbocycles. The number of carboxylic acid groups (broad SMARTS) is 1. The summed E-state index contributed by atoms with van der Waals surface area (Å²) < 4.78 is 4.84. The molecule has 0 aromatic heterocycles. The first-order valence-electron chi connectivity index (χ1n) is 6.25. The number of rotatable bonds is 7. The monoisotopic (exact) mass is 258 g/mol. The molecule has 0 spiro atoms. The second-order valence-electron chi connectivity index (χ2n) is 4.74. The molecule has 1 fully saturated rings. The Morgan fingerprint density at radius 2 is 2.22 bits per heavy atom.